The lowest BCUT2D eigenvalue weighted by molar-refractivity contribution is -0.137. The van der Waals surface area contributed by atoms with E-state index in [1.54, 1.807) is 4.90 Å². The summed E-state index contributed by atoms with van der Waals surface area (Å²) in [6, 6.07) is 0.314. The molecule has 7 rings (SSSR count). The number of rotatable bonds is 5. The predicted molar refractivity (Wildman–Crippen MR) is 164 cm³/mol. The lowest BCUT2D eigenvalue weighted by Gasteiger charge is -2.44. The largest absolute Gasteiger partial charge is 0.489 e. The van der Waals surface area contributed by atoms with Crippen molar-refractivity contribution in [3.8, 4) is 23.0 Å². The highest BCUT2D eigenvalue weighted by atomic mass is 35.5. The van der Waals surface area contributed by atoms with Crippen LogP contribution in [-0.4, -0.2) is 82.3 Å². The van der Waals surface area contributed by atoms with Crippen LogP contribution in [0.15, 0.2) is 6.07 Å². The first-order valence-electron chi connectivity index (χ1n) is 15.6. The summed E-state index contributed by atoms with van der Waals surface area (Å²) in [7, 11) is 0. The predicted octanol–water partition coefficient (Wildman–Crippen LogP) is 5.98. The second kappa shape index (κ2) is 11.1. The maximum absolute atomic E-state index is 16.9. The van der Waals surface area contributed by atoms with Crippen molar-refractivity contribution in [2.24, 2.45) is 0 Å². The van der Waals surface area contributed by atoms with Crippen molar-refractivity contribution in [2.75, 3.05) is 43.5 Å². The molecule has 3 fully saturated rings. The van der Waals surface area contributed by atoms with Crippen LogP contribution in [0.4, 0.5) is 38.0 Å². The molecule has 4 atom stereocenters. The molecule has 4 aliphatic rings. The Morgan fingerprint density at radius 3 is 2.72 bits per heavy atom. The maximum atomic E-state index is 16.9. The third kappa shape index (κ3) is 5.28. The summed E-state index contributed by atoms with van der Waals surface area (Å²) in [5.41, 5.74) is 1.56. The SMILES string of the molecule is CC[C@@H]1N[C@H](C)CN2c3nc(OC[C@@]45CCCN4CC(F)(F)C5)nc4c(F)c(-c5nc(N)cc(C)c5C(F)(F)F)c(Cl)c(c34)OC[C@H]12. The van der Waals surface area contributed by atoms with Crippen molar-refractivity contribution >= 4 is 34.1 Å². The van der Waals surface area contributed by atoms with E-state index < -0.39 is 57.2 Å². The number of nitrogens with one attached hydrogen (secondary N) is 1. The van der Waals surface area contributed by atoms with Gasteiger partial charge in [0.15, 0.2) is 11.6 Å². The summed E-state index contributed by atoms with van der Waals surface area (Å²) in [5, 5.41) is 3.17. The molecule has 3 saturated heterocycles. The number of nitrogens with two attached hydrogens (primary N) is 1. The number of halogens is 7. The fourth-order valence-corrected chi connectivity index (χ4v) is 8.27. The molecule has 6 heterocycles. The highest BCUT2D eigenvalue weighted by Crippen LogP contribution is 2.51. The molecular weight excluding hydrogens is 652 g/mol. The number of pyridine rings is 1. The lowest BCUT2D eigenvalue weighted by atomic mass is 9.94. The maximum Gasteiger partial charge on any atom is 0.418 e. The summed E-state index contributed by atoms with van der Waals surface area (Å²) in [4.78, 5) is 16.6. The number of aromatic nitrogens is 3. The van der Waals surface area contributed by atoms with Crippen LogP contribution in [0.1, 0.15) is 50.7 Å². The minimum Gasteiger partial charge on any atom is -0.489 e. The molecular formula is C31H34ClF6N7O2. The van der Waals surface area contributed by atoms with Crippen LogP contribution < -0.4 is 25.4 Å². The Morgan fingerprint density at radius 1 is 1.23 bits per heavy atom. The van der Waals surface area contributed by atoms with Gasteiger partial charge >= 0.3 is 12.2 Å². The monoisotopic (exact) mass is 685 g/mol. The Morgan fingerprint density at radius 2 is 2.00 bits per heavy atom. The van der Waals surface area contributed by atoms with Crippen LogP contribution >= 0.6 is 11.6 Å². The zero-order valence-electron chi connectivity index (χ0n) is 25.9. The standard InChI is InChI=1S/C31H34ClF6N7O2/c1-4-16-17-10-46-26-20-25(23(33)19(22(26)32)24-21(31(36,37)38)14(2)8-18(39)41-24)42-28(43-27(20)45(17)9-15(3)40-16)47-13-29-6-5-7-44(29)12-30(34,35)11-29/h8,15-17,40H,4-7,9-13H2,1-3H3,(H2,39,41)/t15-,16+,17-,29+/m1/s1. The number of anilines is 2. The van der Waals surface area contributed by atoms with Gasteiger partial charge in [-0.05, 0) is 51.3 Å². The molecule has 3 N–H and O–H groups in total. The number of hydrogen-bond donors (Lipinski definition) is 2. The van der Waals surface area contributed by atoms with E-state index in [0.717, 1.165) is 6.07 Å². The zero-order chi connectivity index (χ0) is 33.6. The van der Waals surface area contributed by atoms with Crippen molar-refractivity contribution in [1.82, 2.24) is 25.2 Å². The van der Waals surface area contributed by atoms with E-state index in [1.807, 2.05) is 18.7 Å². The second-order valence-electron chi connectivity index (χ2n) is 13.2. The minimum atomic E-state index is -4.93. The van der Waals surface area contributed by atoms with E-state index in [4.69, 9.17) is 31.8 Å². The Bertz CT molecular complexity index is 1760. The van der Waals surface area contributed by atoms with Gasteiger partial charge in [-0.15, -0.1) is 0 Å². The fraction of sp³-hybridized carbons (Fsp3) is 0.581. The first kappa shape index (κ1) is 32.3. The zero-order valence-corrected chi connectivity index (χ0v) is 26.7. The van der Waals surface area contributed by atoms with E-state index in [9.17, 15) is 22.0 Å². The van der Waals surface area contributed by atoms with Gasteiger partial charge in [0.1, 0.15) is 30.4 Å². The Kier molecular flexibility index (Phi) is 7.63. The topological polar surface area (TPSA) is 102 Å². The number of benzene rings is 1. The molecule has 16 heteroatoms. The van der Waals surface area contributed by atoms with Crippen LogP contribution in [-0.2, 0) is 6.18 Å². The molecule has 4 aliphatic heterocycles. The van der Waals surface area contributed by atoms with Crippen LogP contribution in [0.2, 0.25) is 5.02 Å². The fourth-order valence-electron chi connectivity index (χ4n) is 7.94. The average molecular weight is 686 g/mol. The molecule has 254 valence electrons. The molecule has 1 aromatic carbocycles. The molecule has 3 aromatic rings. The summed E-state index contributed by atoms with van der Waals surface area (Å²) < 4.78 is 101. The molecule has 0 saturated carbocycles. The highest BCUT2D eigenvalue weighted by Gasteiger charge is 2.57. The van der Waals surface area contributed by atoms with Gasteiger partial charge in [0.25, 0.3) is 5.92 Å². The number of hydrogen-bond acceptors (Lipinski definition) is 9. The van der Waals surface area contributed by atoms with Gasteiger partial charge in [-0.2, -0.15) is 23.1 Å². The summed E-state index contributed by atoms with van der Waals surface area (Å²) in [6.07, 6.45) is -3.44. The van der Waals surface area contributed by atoms with Crippen molar-refractivity contribution < 1.29 is 35.8 Å². The van der Waals surface area contributed by atoms with E-state index in [1.165, 1.54) is 6.92 Å². The number of aryl methyl sites for hydroxylation is 1. The summed E-state index contributed by atoms with van der Waals surface area (Å²) in [5.74, 6) is -4.22. The van der Waals surface area contributed by atoms with Gasteiger partial charge in [-0.1, -0.05) is 18.5 Å². The summed E-state index contributed by atoms with van der Waals surface area (Å²) >= 11 is 6.79. The number of ether oxygens (including phenoxy) is 2. The highest BCUT2D eigenvalue weighted by molar-refractivity contribution is 6.36. The molecule has 9 nitrogen and oxygen atoms in total. The van der Waals surface area contributed by atoms with Crippen molar-refractivity contribution in [3.05, 3.63) is 28.0 Å². The van der Waals surface area contributed by atoms with E-state index in [-0.39, 0.29) is 72.2 Å². The Balaban J connectivity index is 1.45. The van der Waals surface area contributed by atoms with Crippen LogP contribution in [0, 0.1) is 12.7 Å². The lowest BCUT2D eigenvalue weighted by Crippen LogP contribution is -2.63. The first-order valence-corrected chi connectivity index (χ1v) is 16.0. The number of nitrogen functional groups attached to an aromatic ring is 1. The van der Waals surface area contributed by atoms with Crippen LogP contribution in [0.25, 0.3) is 22.2 Å². The molecule has 0 aliphatic carbocycles. The van der Waals surface area contributed by atoms with E-state index >= 15 is 4.39 Å². The van der Waals surface area contributed by atoms with Gasteiger partial charge in [0, 0.05) is 25.0 Å². The smallest absolute Gasteiger partial charge is 0.418 e. The Hall–Kier alpha value is -3.30. The normalized spacial score (nSPS) is 27.0. The van der Waals surface area contributed by atoms with E-state index in [2.05, 4.69) is 15.3 Å². The van der Waals surface area contributed by atoms with Crippen molar-refractivity contribution in [1.29, 1.82) is 0 Å². The quantitative estimate of drug-likeness (QED) is 0.314. The van der Waals surface area contributed by atoms with Crippen LogP contribution in [0.3, 0.4) is 0 Å². The minimum absolute atomic E-state index is 0.0211. The number of piperazine rings is 1. The molecule has 0 amide bonds. The second-order valence-corrected chi connectivity index (χ2v) is 13.5. The van der Waals surface area contributed by atoms with Gasteiger partial charge in [-0.3, -0.25) is 4.90 Å². The van der Waals surface area contributed by atoms with Crippen molar-refractivity contribution in [3.63, 3.8) is 0 Å². The third-order valence-electron chi connectivity index (χ3n) is 9.86. The molecule has 47 heavy (non-hydrogen) atoms. The molecule has 0 radical (unpaired) electrons. The van der Waals surface area contributed by atoms with E-state index in [0.29, 0.717) is 32.4 Å². The third-order valence-corrected chi connectivity index (χ3v) is 10.2. The van der Waals surface area contributed by atoms with Gasteiger partial charge < -0.3 is 25.4 Å². The van der Waals surface area contributed by atoms with Crippen LogP contribution in [0.5, 0.6) is 11.8 Å². The van der Waals surface area contributed by atoms with Gasteiger partial charge in [-0.25, -0.2) is 18.2 Å². The average Bonchev–Trinajstić information content (AvgIpc) is 3.40. The number of fused-ring (bicyclic) bond motifs is 3. The van der Waals surface area contributed by atoms with Gasteiger partial charge in [0.2, 0.25) is 0 Å². The summed E-state index contributed by atoms with van der Waals surface area (Å²) in [6.45, 7) is 5.59. The van der Waals surface area contributed by atoms with Crippen molar-refractivity contribution in [2.45, 2.75) is 82.2 Å². The molecule has 0 unspecified atom stereocenters. The molecule has 0 bridgehead atoms. The first-order chi connectivity index (χ1) is 22.1. The number of nitrogens with zero attached hydrogens (tertiary/aromatic N) is 5. The number of alkyl halides is 5. The Labute approximate surface area is 271 Å². The molecule has 2 aromatic heterocycles. The van der Waals surface area contributed by atoms with Gasteiger partial charge in [0.05, 0.1) is 45.4 Å². The molecule has 0 spiro atoms.